The summed E-state index contributed by atoms with van der Waals surface area (Å²) in [4.78, 5) is 11.6. The molecule has 0 unspecified atom stereocenters. The summed E-state index contributed by atoms with van der Waals surface area (Å²) in [6, 6.07) is 10.1. The highest BCUT2D eigenvalue weighted by Crippen LogP contribution is 2.21. The Morgan fingerprint density at radius 3 is 2.53 bits per heavy atom. The molecule has 2 N–H and O–H groups in total. The van der Waals surface area contributed by atoms with Gasteiger partial charge >= 0.3 is 6.03 Å². The topological polar surface area (TPSA) is 50.4 Å². The molecule has 106 valence electrons. The summed E-state index contributed by atoms with van der Waals surface area (Å²) in [6.07, 6.45) is 0.825. The molecule has 4 heteroatoms. The normalized spacial score (nSPS) is 11.1. The molecule has 1 aromatic rings. The predicted octanol–water partition coefficient (Wildman–Crippen LogP) is 2.30. The molecule has 0 saturated heterocycles. The number of nitrogens with one attached hydrogen (secondary N) is 2. The van der Waals surface area contributed by atoms with Gasteiger partial charge in [-0.3, -0.25) is 0 Å². The number of amides is 2. The van der Waals surface area contributed by atoms with Gasteiger partial charge in [0.2, 0.25) is 0 Å². The molecule has 0 spiro atoms. The van der Waals surface area contributed by atoms with E-state index in [1.807, 2.05) is 18.2 Å². The summed E-state index contributed by atoms with van der Waals surface area (Å²) < 4.78 is 4.92. The van der Waals surface area contributed by atoms with Crippen molar-refractivity contribution in [2.45, 2.75) is 25.7 Å². The summed E-state index contributed by atoms with van der Waals surface area (Å²) >= 11 is 0. The molecule has 0 aromatic heterocycles. The van der Waals surface area contributed by atoms with Gasteiger partial charge in [0, 0.05) is 32.2 Å². The number of methoxy groups -OCH3 is 1. The first-order valence-corrected chi connectivity index (χ1v) is 6.62. The van der Waals surface area contributed by atoms with Crippen molar-refractivity contribution in [1.82, 2.24) is 10.6 Å². The van der Waals surface area contributed by atoms with Crippen LogP contribution in [0.25, 0.3) is 0 Å². The van der Waals surface area contributed by atoms with Gasteiger partial charge < -0.3 is 15.4 Å². The van der Waals surface area contributed by atoms with Gasteiger partial charge in [0.05, 0.1) is 0 Å². The van der Waals surface area contributed by atoms with Crippen molar-refractivity contribution in [2.24, 2.45) is 0 Å². The second-order valence-electron chi connectivity index (χ2n) is 5.21. The fourth-order valence-corrected chi connectivity index (χ4v) is 1.77. The molecule has 1 rings (SSSR count). The van der Waals surface area contributed by atoms with Gasteiger partial charge in [-0.1, -0.05) is 44.2 Å². The van der Waals surface area contributed by atoms with Crippen LogP contribution in [-0.4, -0.2) is 32.8 Å². The smallest absolute Gasteiger partial charge is 0.314 e. The standard InChI is InChI=1S/C15H24N2O2/c1-15(2,13-8-5-4-6-9-13)12-17-14(18)16-10-7-11-19-3/h4-6,8-9H,7,10-12H2,1-3H3,(H2,16,17,18). The molecule has 4 nitrogen and oxygen atoms in total. The van der Waals surface area contributed by atoms with Gasteiger partial charge in [-0.15, -0.1) is 0 Å². The lowest BCUT2D eigenvalue weighted by Gasteiger charge is -2.25. The third kappa shape index (κ3) is 5.75. The van der Waals surface area contributed by atoms with Crippen LogP contribution >= 0.6 is 0 Å². The maximum Gasteiger partial charge on any atom is 0.314 e. The Balaban J connectivity index is 2.33. The molecular weight excluding hydrogens is 240 g/mol. The number of hydrogen-bond donors (Lipinski definition) is 2. The van der Waals surface area contributed by atoms with Crippen molar-refractivity contribution < 1.29 is 9.53 Å². The molecule has 0 heterocycles. The Morgan fingerprint density at radius 1 is 1.21 bits per heavy atom. The molecular formula is C15H24N2O2. The van der Waals surface area contributed by atoms with E-state index in [4.69, 9.17) is 4.74 Å². The van der Waals surface area contributed by atoms with Crippen molar-refractivity contribution in [3.05, 3.63) is 35.9 Å². The van der Waals surface area contributed by atoms with Gasteiger partial charge in [-0.05, 0) is 12.0 Å². The van der Waals surface area contributed by atoms with Crippen LogP contribution in [0.5, 0.6) is 0 Å². The molecule has 0 atom stereocenters. The van der Waals surface area contributed by atoms with Crippen LogP contribution in [0.2, 0.25) is 0 Å². The Hall–Kier alpha value is -1.55. The molecule has 0 radical (unpaired) electrons. The average molecular weight is 264 g/mol. The van der Waals surface area contributed by atoms with E-state index in [0.29, 0.717) is 19.7 Å². The van der Waals surface area contributed by atoms with Crippen LogP contribution in [0, 0.1) is 0 Å². The van der Waals surface area contributed by atoms with Crippen molar-refractivity contribution in [3.8, 4) is 0 Å². The minimum atomic E-state index is -0.125. The van der Waals surface area contributed by atoms with E-state index in [9.17, 15) is 4.79 Å². The first-order valence-electron chi connectivity index (χ1n) is 6.62. The number of benzene rings is 1. The van der Waals surface area contributed by atoms with E-state index in [0.717, 1.165) is 6.42 Å². The van der Waals surface area contributed by atoms with E-state index < -0.39 is 0 Å². The van der Waals surface area contributed by atoms with Crippen molar-refractivity contribution in [1.29, 1.82) is 0 Å². The number of ether oxygens (including phenoxy) is 1. The molecule has 0 aliphatic carbocycles. The Kier molecular flexibility index (Phi) is 6.36. The van der Waals surface area contributed by atoms with Crippen molar-refractivity contribution >= 4 is 6.03 Å². The fourth-order valence-electron chi connectivity index (χ4n) is 1.77. The molecule has 0 aliphatic heterocycles. The zero-order valence-corrected chi connectivity index (χ0v) is 12.0. The van der Waals surface area contributed by atoms with Gasteiger partial charge in [0.15, 0.2) is 0 Å². The third-order valence-corrected chi connectivity index (χ3v) is 3.06. The second kappa shape index (κ2) is 7.79. The summed E-state index contributed by atoms with van der Waals surface area (Å²) in [5.74, 6) is 0. The first kappa shape index (κ1) is 15.5. The Labute approximate surface area is 115 Å². The minimum absolute atomic E-state index is 0.0782. The summed E-state index contributed by atoms with van der Waals surface area (Å²) in [5.41, 5.74) is 1.14. The number of carbonyl (C=O) groups excluding carboxylic acids is 1. The van der Waals surface area contributed by atoms with Crippen LogP contribution in [-0.2, 0) is 10.2 Å². The largest absolute Gasteiger partial charge is 0.385 e. The SMILES string of the molecule is COCCCNC(=O)NCC(C)(C)c1ccccc1. The summed E-state index contributed by atoms with van der Waals surface area (Å²) in [7, 11) is 1.66. The minimum Gasteiger partial charge on any atom is -0.385 e. The first-order chi connectivity index (χ1) is 9.06. The number of hydrogen-bond acceptors (Lipinski definition) is 2. The van der Waals surface area contributed by atoms with E-state index in [1.165, 1.54) is 5.56 Å². The average Bonchev–Trinajstić information content (AvgIpc) is 2.42. The molecule has 1 aromatic carbocycles. The van der Waals surface area contributed by atoms with Gasteiger partial charge in [-0.25, -0.2) is 4.79 Å². The maximum absolute atomic E-state index is 11.6. The highest BCUT2D eigenvalue weighted by molar-refractivity contribution is 5.73. The summed E-state index contributed by atoms with van der Waals surface area (Å²) in [5, 5.41) is 5.72. The third-order valence-electron chi connectivity index (χ3n) is 3.06. The van der Waals surface area contributed by atoms with E-state index in [1.54, 1.807) is 7.11 Å². The Morgan fingerprint density at radius 2 is 1.89 bits per heavy atom. The van der Waals surface area contributed by atoms with Gasteiger partial charge in [0.1, 0.15) is 0 Å². The lowest BCUT2D eigenvalue weighted by Crippen LogP contribution is -2.42. The molecule has 0 aliphatic rings. The van der Waals surface area contributed by atoms with Gasteiger partial charge in [-0.2, -0.15) is 0 Å². The van der Waals surface area contributed by atoms with E-state index >= 15 is 0 Å². The predicted molar refractivity (Wildman–Crippen MR) is 77.4 cm³/mol. The zero-order valence-electron chi connectivity index (χ0n) is 12.0. The van der Waals surface area contributed by atoms with Crippen LogP contribution in [0.15, 0.2) is 30.3 Å². The molecule has 0 bridgehead atoms. The van der Waals surface area contributed by atoms with Crippen molar-refractivity contribution in [3.63, 3.8) is 0 Å². The maximum atomic E-state index is 11.6. The summed E-state index contributed by atoms with van der Waals surface area (Å²) in [6.45, 7) is 6.13. The van der Waals surface area contributed by atoms with Crippen molar-refractivity contribution in [2.75, 3.05) is 26.8 Å². The second-order valence-corrected chi connectivity index (χ2v) is 5.21. The highest BCUT2D eigenvalue weighted by atomic mass is 16.5. The zero-order chi connectivity index (χ0) is 14.1. The molecule has 0 saturated carbocycles. The fraction of sp³-hybridized carbons (Fsp3) is 0.533. The van der Waals surface area contributed by atoms with Crippen LogP contribution < -0.4 is 10.6 Å². The number of rotatable bonds is 7. The van der Waals surface area contributed by atoms with Gasteiger partial charge in [0.25, 0.3) is 0 Å². The lowest BCUT2D eigenvalue weighted by molar-refractivity contribution is 0.193. The molecule has 2 amide bonds. The highest BCUT2D eigenvalue weighted by Gasteiger charge is 2.20. The molecule has 19 heavy (non-hydrogen) atoms. The monoisotopic (exact) mass is 264 g/mol. The Bertz CT molecular complexity index is 377. The number of carbonyl (C=O) groups is 1. The number of urea groups is 1. The molecule has 0 fully saturated rings. The van der Waals surface area contributed by atoms with E-state index in [2.05, 4.69) is 36.6 Å². The van der Waals surface area contributed by atoms with Crippen LogP contribution in [0.4, 0.5) is 4.79 Å². The lowest BCUT2D eigenvalue weighted by atomic mass is 9.85. The quantitative estimate of drug-likeness (QED) is 0.742. The van der Waals surface area contributed by atoms with E-state index in [-0.39, 0.29) is 11.4 Å². The van der Waals surface area contributed by atoms with Crippen LogP contribution in [0.1, 0.15) is 25.8 Å². The van der Waals surface area contributed by atoms with Crippen LogP contribution in [0.3, 0.4) is 0 Å².